The van der Waals surface area contributed by atoms with Crippen molar-refractivity contribution >= 4 is 0 Å². The van der Waals surface area contributed by atoms with Crippen molar-refractivity contribution in [1.82, 2.24) is 0 Å². The van der Waals surface area contributed by atoms with Crippen LogP contribution >= 0.6 is 0 Å². The summed E-state index contributed by atoms with van der Waals surface area (Å²) in [7, 11) is 0. The lowest BCUT2D eigenvalue weighted by Gasteiger charge is -2.17. The molecule has 1 aliphatic rings. The summed E-state index contributed by atoms with van der Waals surface area (Å²) in [6.45, 7) is 2.43. The van der Waals surface area contributed by atoms with Gasteiger partial charge in [-0.25, -0.2) is 0 Å². The summed E-state index contributed by atoms with van der Waals surface area (Å²) in [4.78, 5) is 0. The number of nitrogens with two attached hydrogens (primary N) is 1. The van der Waals surface area contributed by atoms with Gasteiger partial charge in [0.15, 0.2) is 0 Å². The number of ether oxygens (including phenoxy) is 1. The second-order valence-corrected chi connectivity index (χ2v) is 3.69. The Balaban J connectivity index is 2.39. The Morgan fingerprint density at radius 2 is 2.29 bits per heavy atom. The van der Waals surface area contributed by atoms with E-state index in [1.54, 1.807) is 6.92 Å². The van der Waals surface area contributed by atoms with Gasteiger partial charge < -0.3 is 15.6 Å². The van der Waals surface area contributed by atoms with Crippen LogP contribution < -0.4 is 10.5 Å². The third-order valence-electron chi connectivity index (χ3n) is 2.66. The van der Waals surface area contributed by atoms with Crippen molar-refractivity contribution in [2.24, 2.45) is 5.73 Å². The summed E-state index contributed by atoms with van der Waals surface area (Å²) in [5.74, 6) is 0.915. The predicted octanol–water partition coefficient (Wildman–Crippen LogP) is 1.00. The van der Waals surface area contributed by atoms with E-state index >= 15 is 0 Å². The van der Waals surface area contributed by atoms with E-state index in [9.17, 15) is 5.11 Å². The first-order chi connectivity index (χ1) is 6.70. The maximum absolute atomic E-state index is 9.44. The van der Waals surface area contributed by atoms with E-state index in [-0.39, 0.29) is 6.04 Å². The molecule has 2 rings (SSSR count). The van der Waals surface area contributed by atoms with Crippen LogP contribution in [0, 0.1) is 0 Å². The molecule has 76 valence electrons. The zero-order chi connectivity index (χ0) is 10.1. The van der Waals surface area contributed by atoms with Gasteiger partial charge >= 0.3 is 0 Å². The maximum atomic E-state index is 9.44. The highest BCUT2D eigenvalue weighted by atomic mass is 16.5. The molecule has 0 saturated carbocycles. The molecule has 0 fully saturated rings. The number of fused-ring (bicyclic) bond motifs is 1. The van der Waals surface area contributed by atoms with E-state index < -0.39 is 6.10 Å². The maximum Gasteiger partial charge on any atom is 0.122 e. The number of rotatable bonds is 2. The van der Waals surface area contributed by atoms with Gasteiger partial charge in [-0.05, 0) is 18.6 Å². The van der Waals surface area contributed by atoms with Crippen LogP contribution in [0.2, 0.25) is 0 Å². The first-order valence-corrected chi connectivity index (χ1v) is 4.88. The molecule has 2 atom stereocenters. The number of hydrogen-bond donors (Lipinski definition) is 2. The minimum Gasteiger partial charge on any atom is -0.493 e. The number of benzene rings is 1. The summed E-state index contributed by atoms with van der Waals surface area (Å²) < 4.78 is 5.43. The summed E-state index contributed by atoms with van der Waals surface area (Å²) in [5.41, 5.74) is 8.07. The first kappa shape index (κ1) is 9.49. The molecule has 1 heterocycles. The smallest absolute Gasteiger partial charge is 0.122 e. The van der Waals surface area contributed by atoms with Gasteiger partial charge in [0.05, 0.1) is 18.8 Å². The fourth-order valence-electron chi connectivity index (χ4n) is 1.82. The van der Waals surface area contributed by atoms with Crippen LogP contribution in [-0.2, 0) is 6.42 Å². The van der Waals surface area contributed by atoms with Crippen molar-refractivity contribution in [3.05, 3.63) is 29.3 Å². The van der Waals surface area contributed by atoms with Crippen LogP contribution in [0.5, 0.6) is 5.75 Å². The molecule has 0 spiro atoms. The normalized spacial score (nSPS) is 18.5. The molecule has 1 aliphatic heterocycles. The molecule has 1 aromatic rings. The van der Waals surface area contributed by atoms with Crippen LogP contribution in [0.15, 0.2) is 18.2 Å². The van der Waals surface area contributed by atoms with Crippen molar-refractivity contribution in [2.75, 3.05) is 6.61 Å². The Morgan fingerprint density at radius 3 is 3.00 bits per heavy atom. The molecule has 1 aromatic carbocycles. The Kier molecular flexibility index (Phi) is 2.44. The Labute approximate surface area is 83.5 Å². The standard InChI is InChI=1S/C11H15NO2/c1-7(13)11(12)9-3-2-4-10-8(9)5-6-14-10/h2-4,7,11,13H,5-6,12H2,1H3/t7-,11-/m0/s1. The molecule has 0 aromatic heterocycles. The molecule has 3 N–H and O–H groups in total. The second kappa shape index (κ2) is 3.59. The SMILES string of the molecule is C[C@H](O)[C@H](N)c1cccc2c1CCO2. The quantitative estimate of drug-likeness (QED) is 0.736. The summed E-state index contributed by atoms with van der Waals surface area (Å²) in [5, 5.41) is 9.44. The van der Waals surface area contributed by atoms with E-state index in [4.69, 9.17) is 10.5 Å². The zero-order valence-electron chi connectivity index (χ0n) is 8.23. The predicted molar refractivity (Wildman–Crippen MR) is 54.3 cm³/mol. The van der Waals surface area contributed by atoms with Crippen LogP contribution in [0.1, 0.15) is 24.1 Å². The van der Waals surface area contributed by atoms with E-state index in [0.29, 0.717) is 0 Å². The van der Waals surface area contributed by atoms with Gasteiger partial charge in [0.2, 0.25) is 0 Å². The van der Waals surface area contributed by atoms with Crippen molar-refractivity contribution < 1.29 is 9.84 Å². The molecule has 0 radical (unpaired) electrons. The van der Waals surface area contributed by atoms with Gasteiger partial charge in [0.25, 0.3) is 0 Å². The molecule has 3 nitrogen and oxygen atoms in total. The third kappa shape index (κ3) is 1.49. The Morgan fingerprint density at radius 1 is 1.50 bits per heavy atom. The minimum absolute atomic E-state index is 0.313. The van der Waals surface area contributed by atoms with E-state index in [1.165, 1.54) is 0 Å². The molecule has 0 aliphatic carbocycles. The molecule has 0 saturated heterocycles. The van der Waals surface area contributed by atoms with Crippen molar-refractivity contribution in [2.45, 2.75) is 25.5 Å². The summed E-state index contributed by atoms with van der Waals surface area (Å²) in [6, 6.07) is 5.51. The van der Waals surface area contributed by atoms with Crippen molar-refractivity contribution in [3.63, 3.8) is 0 Å². The fourth-order valence-corrected chi connectivity index (χ4v) is 1.82. The van der Waals surface area contributed by atoms with Gasteiger partial charge in [0.1, 0.15) is 5.75 Å². The van der Waals surface area contributed by atoms with Crippen molar-refractivity contribution in [3.8, 4) is 5.75 Å². The van der Waals surface area contributed by atoms with Crippen LogP contribution in [0.4, 0.5) is 0 Å². The molecule has 0 unspecified atom stereocenters. The highest BCUT2D eigenvalue weighted by Crippen LogP contribution is 2.31. The fraction of sp³-hybridized carbons (Fsp3) is 0.455. The lowest BCUT2D eigenvalue weighted by molar-refractivity contribution is 0.164. The molecule has 0 bridgehead atoms. The first-order valence-electron chi connectivity index (χ1n) is 4.88. The molecule has 3 heteroatoms. The van der Waals surface area contributed by atoms with E-state index in [2.05, 4.69) is 0 Å². The van der Waals surface area contributed by atoms with E-state index in [1.807, 2.05) is 18.2 Å². The lowest BCUT2D eigenvalue weighted by Crippen LogP contribution is -2.24. The molecule has 0 amide bonds. The largest absolute Gasteiger partial charge is 0.493 e. The van der Waals surface area contributed by atoms with Gasteiger partial charge in [0, 0.05) is 12.0 Å². The molecular weight excluding hydrogens is 178 g/mol. The van der Waals surface area contributed by atoms with Gasteiger partial charge in [-0.3, -0.25) is 0 Å². The average molecular weight is 193 g/mol. The number of hydrogen-bond acceptors (Lipinski definition) is 3. The summed E-state index contributed by atoms with van der Waals surface area (Å²) in [6.07, 6.45) is 0.369. The highest BCUT2D eigenvalue weighted by Gasteiger charge is 2.21. The Bertz CT molecular complexity index is 336. The van der Waals surface area contributed by atoms with E-state index in [0.717, 1.165) is 29.9 Å². The summed E-state index contributed by atoms with van der Waals surface area (Å²) >= 11 is 0. The second-order valence-electron chi connectivity index (χ2n) is 3.69. The van der Waals surface area contributed by atoms with Crippen LogP contribution in [0.25, 0.3) is 0 Å². The number of aliphatic hydroxyl groups excluding tert-OH is 1. The van der Waals surface area contributed by atoms with Gasteiger partial charge in [-0.2, -0.15) is 0 Å². The average Bonchev–Trinajstić information content (AvgIpc) is 2.63. The number of aliphatic hydroxyl groups is 1. The monoisotopic (exact) mass is 193 g/mol. The van der Waals surface area contributed by atoms with Crippen molar-refractivity contribution in [1.29, 1.82) is 0 Å². The minimum atomic E-state index is -0.526. The third-order valence-corrected chi connectivity index (χ3v) is 2.66. The van der Waals surface area contributed by atoms with Crippen LogP contribution in [-0.4, -0.2) is 17.8 Å². The Hall–Kier alpha value is -1.06. The van der Waals surface area contributed by atoms with Gasteiger partial charge in [-0.15, -0.1) is 0 Å². The highest BCUT2D eigenvalue weighted by molar-refractivity contribution is 5.44. The van der Waals surface area contributed by atoms with Crippen LogP contribution in [0.3, 0.4) is 0 Å². The lowest BCUT2D eigenvalue weighted by atomic mass is 9.96. The molecular formula is C11H15NO2. The van der Waals surface area contributed by atoms with Gasteiger partial charge in [-0.1, -0.05) is 12.1 Å². The zero-order valence-corrected chi connectivity index (χ0v) is 8.23. The topological polar surface area (TPSA) is 55.5 Å². The molecule has 14 heavy (non-hydrogen) atoms.